The molecule has 0 aliphatic carbocycles. The molecule has 3 nitrogen and oxygen atoms in total. The number of carboxylic acids is 1. The van der Waals surface area contributed by atoms with Gasteiger partial charge in [-0.15, -0.1) is 0 Å². The summed E-state index contributed by atoms with van der Waals surface area (Å²) < 4.78 is 0. The molecule has 0 radical (unpaired) electrons. The number of aliphatic carboxylic acids is 1. The van der Waals surface area contributed by atoms with E-state index in [2.05, 4.69) is 5.32 Å². The highest BCUT2D eigenvalue weighted by atomic mass is 16.4. The molecule has 0 bridgehead atoms. The lowest BCUT2D eigenvalue weighted by Gasteiger charge is -2.29. The Morgan fingerprint density at radius 3 is 2.73 bits per heavy atom. The number of benzene rings is 1. The SMILES string of the molecule is O=C(O)[C@@H]1NCCC[C@@H]1c1ccccc1. The van der Waals surface area contributed by atoms with Gasteiger partial charge in [-0.1, -0.05) is 30.3 Å². The standard InChI is InChI=1S/C12H15NO2/c14-12(15)11-10(7-4-8-13-11)9-5-2-1-3-6-9/h1-3,5-6,10-11,13H,4,7-8H2,(H,14,15)/t10-,11-/m1/s1. The summed E-state index contributed by atoms with van der Waals surface area (Å²) in [7, 11) is 0. The third kappa shape index (κ3) is 2.18. The molecule has 0 spiro atoms. The van der Waals surface area contributed by atoms with Gasteiger partial charge in [0.1, 0.15) is 6.04 Å². The predicted octanol–water partition coefficient (Wildman–Crippen LogP) is 1.61. The zero-order chi connectivity index (χ0) is 10.7. The maximum Gasteiger partial charge on any atom is 0.321 e. The molecule has 0 unspecified atom stereocenters. The van der Waals surface area contributed by atoms with E-state index in [1.165, 1.54) is 0 Å². The van der Waals surface area contributed by atoms with Crippen LogP contribution in [0.2, 0.25) is 0 Å². The Kier molecular flexibility index (Phi) is 3.02. The average Bonchev–Trinajstić information content (AvgIpc) is 2.30. The lowest BCUT2D eigenvalue weighted by atomic mass is 9.85. The second-order valence-corrected chi connectivity index (χ2v) is 3.93. The molecule has 0 saturated carbocycles. The Bertz CT molecular complexity index is 337. The number of carbonyl (C=O) groups is 1. The highest BCUT2D eigenvalue weighted by molar-refractivity contribution is 5.75. The smallest absolute Gasteiger partial charge is 0.321 e. The van der Waals surface area contributed by atoms with Gasteiger partial charge in [0, 0.05) is 5.92 Å². The van der Waals surface area contributed by atoms with Gasteiger partial charge >= 0.3 is 5.97 Å². The number of rotatable bonds is 2. The molecule has 15 heavy (non-hydrogen) atoms. The van der Waals surface area contributed by atoms with E-state index >= 15 is 0 Å². The molecule has 0 aromatic heterocycles. The largest absolute Gasteiger partial charge is 0.480 e. The zero-order valence-electron chi connectivity index (χ0n) is 8.52. The van der Waals surface area contributed by atoms with Crippen molar-refractivity contribution in [3.05, 3.63) is 35.9 Å². The fourth-order valence-electron chi connectivity index (χ4n) is 2.21. The Labute approximate surface area is 89.1 Å². The number of carboxylic acid groups (broad SMARTS) is 1. The summed E-state index contributed by atoms with van der Waals surface area (Å²) >= 11 is 0. The first-order valence-electron chi connectivity index (χ1n) is 5.30. The molecule has 1 aromatic rings. The summed E-state index contributed by atoms with van der Waals surface area (Å²) in [6, 6.07) is 9.46. The number of piperidine rings is 1. The molecule has 2 N–H and O–H groups in total. The molecular weight excluding hydrogens is 190 g/mol. The van der Waals surface area contributed by atoms with Gasteiger partial charge in [0.2, 0.25) is 0 Å². The van der Waals surface area contributed by atoms with E-state index in [-0.39, 0.29) is 5.92 Å². The minimum absolute atomic E-state index is 0.109. The van der Waals surface area contributed by atoms with Crippen molar-refractivity contribution in [1.29, 1.82) is 0 Å². The summed E-state index contributed by atoms with van der Waals surface area (Å²) in [4.78, 5) is 11.1. The van der Waals surface area contributed by atoms with E-state index in [0.717, 1.165) is 24.9 Å². The van der Waals surface area contributed by atoms with Gasteiger partial charge in [0.25, 0.3) is 0 Å². The molecule has 1 aromatic carbocycles. The number of hydrogen-bond acceptors (Lipinski definition) is 2. The maximum atomic E-state index is 11.1. The molecular formula is C12H15NO2. The molecule has 1 aliphatic rings. The van der Waals surface area contributed by atoms with Gasteiger partial charge in [-0.25, -0.2) is 0 Å². The minimum Gasteiger partial charge on any atom is -0.480 e. The summed E-state index contributed by atoms with van der Waals surface area (Å²) in [6.07, 6.45) is 2.00. The molecule has 1 fully saturated rings. The van der Waals surface area contributed by atoms with Crippen molar-refractivity contribution in [2.45, 2.75) is 24.8 Å². The lowest BCUT2D eigenvalue weighted by molar-refractivity contribution is -0.140. The second-order valence-electron chi connectivity index (χ2n) is 3.93. The van der Waals surface area contributed by atoms with E-state index in [9.17, 15) is 4.79 Å². The van der Waals surface area contributed by atoms with E-state index in [0.29, 0.717) is 0 Å². The molecule has 1 heterocycles. The Balaban J connectivity index is 2.22. The fraction of sp³-hybridized carbons (Fsp3) is 0.417. The first-order chi connectivity index (χ1) is 7.29. The molecule has 2 rings (SSSR count). The molecule has 0 amide bonds. The van der Waals surface area contributed by atoms with Gasteiger partial charge in [-0.2, -0.15) is 0 Å². The van der Waals surface area contributed by atoms with Crippen molar-refractivity contribution in [3.63, 3.8) is 0 Å². The first-order valence-corrected chi connectivity index (χ1v) is 5.30. The van der Waals surface area contributed by atoms with Crippen molar-refractivity contribution in [2.75, 3.05) is 6.54 Å². The maximum absolute atomic E-state index is 11.1. The third-order valence-corrected chi connectivity index (χ3v) is 2.95. The monoisotopic (exact) mass is 205 g/mol. The molecule has 3 heteroatoms. The van der Waals surface area contributed by atoms with E-state index in [4.69, 9.17) is 5.11 Å². The first kappa shape index (κ1) is 10.2. The summed E-state index contributed by atoms with van der Waals surface area (Å²) in [5, 5.41) is 12.2. The van der Waals surface area contributed by atoms with Crippen molar-refractivity contribution in [3.8, 4) is 0 Å². The summed E-state index contributed by atoms with van der Waals surface area (Å²) in [5.74, 6) is -0.638. The third-order valence-electron chi connectivity index (χ3n) is 2.95. The number of hydrogen-bond donors (Lipinski definition) is 2. The molecule has 2 atom stereocenters. The van der Waals surface area contributed by atoms with Crippen molar-refractivity contribution < 1.29 is 9.90 Å². The van der Waals surface area contributed by atoms with Crippen LogP contribution in [0.5, 0.6) is 0 Å². The molecule has 80 valence electrons. The molecule has 1 aliphatic heterocycles. The van der Waals surface area contributed by atoms with Gasteiger partial charge in [0.15, 0.2) is 0 Å². The van der Waals surface area contributed by atoms with Gasteiger partial charge in [-0.05, 0) is 24.9 Å². The van der Waals surface area contributed by atoms with Crippen LogP contribution in [0.4, 0.5) is 0 Å². The van der Waals surface area contributed by atoms with Crippen LogP contribution in [0.25, 0.3) is 0 Å². The van der Waals surface area contributed by atoms with Crippen LogP contribution in [0.1, 0.15) is 24.3 Å². The fourth-order valence-corrected chi connectivity index (χ4v) is 2.21. The summed E-state index contributed by atoms with van der Waals surface area (Å²) in [5.41, 5.74) is 1.12. The van der Waals surface area contributed by atoms with Crippen molar-refractivity contribution in [2.24, 2.45) is 0 Å². The zero-order valence-corrected chi connectivity index (χ0v) is 8.52. The van der Waals surface area contributed by atoms with Gasteiger partial charge < -0.3 is 10.4 Å². The van der Waals surface area contributed by atoms with Gasteiger partial charge in [0.05, 0.1) is 0 Å². The van der Waals surface area contributed by atoms with Crippen LogP contribution in [0.15, 0.2) is 30.3 Å². The average molecular weight is 205 g/mol. The quantitative estimate of drug-likeness (QED) is 0.771. The normalized spacial score (nSPS) is 26.1. The van der Waals surface area contributed by atoms with E-state index in [1.807, 2.05) is 30.3 Å². The second kappa shape index (κ2) is 4.45. The van der Waals surface area contributed by atoms with Crippen LogP contribution < -0.4 is 5.32 Å². The Hall–Kier alpha value is -1.35. The Morgan fingerprint density at radius 2 is 2.07 bits per heavy atom. The van der Waals surface area contributed by atoms with Crippen LogP contribution in [0, 0.1) is 0 Å². The highest BCUT2D eigenvalue weighted by Crippen LogP contribution is 2.27. The van der Waals surface area contributed by atoms with Crippen molar-refractivity contribution in [1.82, 2.24) is 5.32 Å². The van der Waals surface area contributed by atoms with Crippen LogP contribution in [-0.2, 0) is 4.79 Å². The van der Waals surface area contributed by atoms with E-state index in [1.54, 1.807) is 0 Å². The lowest BCUT2D eigenvalue weighted by Crippen LogP contribution is -2.45. The summed E-state index contributed by atoms with van der Waals surface area (Å²) in [6.45, 7) is 0.806. The predicted molar refractivity (Wildman–Crippen MR) is 57.8 cm³/mol. The number of nitrogens with one attached hydrogen (secondary N) is 1. The highest BCUT2D eigenvalue weighted by Gasteiger charge is 2.31. The topological polar surface area (TPSA) is 49.3 Å². The van der Waals surface area contributed by atoms with Crippen LogP contribution in [0.3, 0.4) is 0 Å². The van der Waals surface area contributed by atoms with Crippen LogP contribution >= 0.6 is 0 Å². The van der Waals surface area contributed by atoms with E-state index < -0.39 is 12.0 Å². The van der Waals surface area contributed by atoms with Gasteiger partial charge in [-0.3, -0.25) is 4.79 Å². The van der Waals surface area contributed by atoms with Crippen molar-refractivity contribution >= 4 is 5.97 Å². The minimum atomic E-state index is -0.747. The van der Waals surface area contributed by atoms with Crippen LogP contribution in [-0.4, -0.2) is 23.7 Å². The Morgan fingerprint density at radius 1 is 1.33 bits per heavy atom. The molecule has 1 saturated heterocycles.